The van der Waals surface area contributed by atoms with Crippen LogP contribution in [0.4, 0.5) is 0 Å². The molecule has 238 valence electrons. The Morgan fingerprint density at radius 2 is 1.73 bits per heavy atom. The summed E-state index contributed by atoms with van der Waals surface area (Å²) < 4.78 is 35.1. The van der Waals surface area contributed by atoms with E-state index >= 15 is 0 Å². The van der Waals surface area contributed by atoms with Gasteiger partial charge in [-0.1, -0.05) is 32.0 Å². The lowest BCUT2D eigenvalue weighted by molar-refractivity contribution is -0.123. The van der Waals surface area contributed by atoms with Crippen molar-refractivity contribution in [1.29, 1.82) is 0 Å². The number of hydrogen-bond acceptors (Lipinski definition) is 8. The Bertz CT molecular complexity index is 1480. The second kappa shape index (κ2) is 14.8. The number of fused-ring (bicyclic) bond motifs is 1. The third-order valence-corrected chi connectivity index (χ3v) is 11.1. The number of piperidine rings is 1. The number of carbonyl (C=O) groups excluding carboxylic acids is 2. The summed E-state index contributed by atoms with van der Waals surface area (Å²) in [6, 6.07) is 15.8. The van der Waals surface area contributed by atoms with Crippen molar-refractivity contribution in [1.82, 2.24) is 25.2 Å². The Labute approximate surface area is 264 Å². The fraction of sp³-hybridized carbons (Fsp3) is 0.500. The molecule has 3 aromatic rings. The summed E-state index contributed by atoms with van der Waals surface area (Å²) in [7, 11) is -3.60. The number of nitrogens with one attached hydrogen (secondary N) is 3. The summed E-state index contributed by atoms with van der Waals surface area (Å²) in [6.45, 7) is 8.83. The topological polar surface area (TPSA) is 120 Å². The van der Waals surface area contributed by atoms with E-state index in [2.05, 4.69) is 20.9 Å². The molecule has 0 unspecified atom stereocenters. The number of ether oxygens (including phenoxy) is 1. The van der Waals surface area contributed by atoms with Crippen LogP contribution in [0.2, 0.25) is 0 Å². The summed E-state index contributed by atoms with van der Waals surface area (Å²) in [5, 5.41) is 10.2. The highest BCUT2D eigenvalue weighted by Crippen LogP contribution is 2.26. The van der Waals surface area contributed by atoms with Crippen LogP contribution in [0.3, 0.4) is 0 Å². The summed E-state index contributed by atoms with van der Waals surface area (Å²) in [6.07, 6.45) is 2.57. The predicted octanol–water partition coefficient (Wildman–Crippen LogP) is 3.30. The average molecular weight is 642 g/mol. The van der Waals surface area contributed by atoms with Crippen molar-refractivity contribution in [3.8, 4) is 5.75 Å². The first-order chi connectivity index (χ1) is 21.2. The lowest BCUT2D eigenvalue weighted by atomic mass is 10.0. The lowest BCUT2D eigenvalue weighted by Gasteiger charge is -2.34. The van der Waals surface area contributed by atoms with Gasteiger partial charge in [-0.15, -0.1) is 11.3 Å². The van der Waals surface area contributed by atoms with Gasteiger partial charge in [-0.25, -0.2) is 8.42 Å². The standard InChI is InChI=1S/C32H43N5O5S2/c1-23(2)21-28(35-32(39)30-22-24-5-3-4-6-29(24)43-30)31(38)34-15-16-36-17-19-37(20-18-36)44(40,41)27-9-7-25(8-10-27)42-26-11-13-33-14-12-26/h3-10,22-23,26,28,33H,11-21H2,1-2H3,(H,34,38)(H,35,39)/t28-/m0/s1. The van der Waals surface area contributed by atoms with Crippen LogP contribution in [0.1, 0.15) is 42.8 Å². The number of piperazine rings is 1. The second-order valence-corrected chi connectivity index (χ2v) is 14.9. The number of benzene rings is 2. The number of sulfonamides is 1. The SMILES string of the molecule is CC(C)C[C@H](NC(=O)c1cc2ccccc2s1)C(=O)NCCN1CCN(S(=O)(=O)c2ccc(OC3CCNCC3)cc2)CC1. The van der Waals surface area contributed by atoms with Crippen LogP contribution in [0.15, 0.2) is 59.5 Å². The van der Waals surface area contributed by atoms with Crippen LogP contribution < -0.4 is 20.7 Å². The number of thiophene rings is 1. The molecule has 1 aromatic heterocycles. The smallest absolute Gasteiger partial charge is 0.262 e. The monoisotopic (exact) mass is 641 g/mol. The van der Waals surface area contributed by atoms with E-state index in [1.54, 1.807) is 24.3 Å². The Morgan fingerprint density at radius 1 is 1.02 bits per heavy atom. The van der Waals surface area contributed by atoms with E-state index in [0.717, 1.165) is 36.0 Å². The molecule has 0 saturated carbocycles. The molecule has 1 atom stereocenters. The maximum absolute atomic E-state index is 13.3. The van der Waals surface area contributed by atoms with E-state index in [0.29, 0.717) is 56.3 Å². The molecule has 0 spiro atoms. The van der Waals surface area contributed by atoms with Gasteiger partial charge >= 0.3 is 0 Å². The fourth-order valence-electron chi connectivity index (χ4n) is 5.62. The van der Waals surface area contributed by atoms with Crippen molar-refractivity contribution in [3.05, 3.63) is 59.5 Å². The highest BCUT2D eigenvalue weighted by atomic mass is 32.2. The molecule has 3 N–H and O–H groups in total. The molecule has 5 rings (SSSR count). The van der Waals surface area contributed by atoms with Gasteiger partial charge in [0.15, 0.2) is 0 Å². The molecule has 2 saturated heterocycles. The first-order valence-corrected chi connectivity index (χ1v) is 17.7. The molecule has 0 aliphatic carbocycles. The minimum absolute atomic E-state index is 0.156. The van der Waals surface area contributed by atoms with E-state index < -0.39 is 16.1 Å². The van der Waals surface area contributed by atoms with Crippen molar-refractivity contribution in [2.75, 3.05) is 52.4 Å². The average Bonchev–Trinajstić information content (AvgIpc) is 3.46. The number of hydrogen-bond donors (Lipinski definition) is 3. The van der Waals surface area contributed by atoms with E-state index in [9.17, 15) is 18.0 Å². The molecule has 0 radical (unpaired) electrons. The highest BCUT2D eigenvalue weighted by molar-refractivity contribution is 7.89. The number of amides is 2. The zero-order chi connectivity index (χ0) is 31.1. The third-order valence-electron chi connectivity index (χ3n) is 8.09. The number of carbonyl (C=O) groups is 2. The number of rotatable bonds is 12. The van der Waals surface area contributed by atoms with Crippen LogP contribution in [0.5, 0.6) is 5.75 Å². The lowest BCUT2D eigenvalue weighted by Crippen LogP contribution is -2.52. The van der Waals surface area contributed by atoms with Crippen LogP contribution >= 0.6 is 11.3 Å². The van der Waals surface area contributed by atoms with Crippen molar-refractivity contribution < 1.29 is 22.7 Å². The first kappa shape index (κ1) is 32.4. The summed E-state index contributed by atoms with van der Waals surface area (Å²) in [5.74, 6) is 0.467. The van der Waals surface area contributed by atoms with Crippen molar-refractivity contribution >= 4 is 43.3 Å². The Kier molecular flexibility index (Phi) is 10.9. The molecule has 3 heterocycles. The van der Waals surface area contributed by atoms with Crippen LogP contribution in [0, 0.1) is 5.92 Å². The maximum atomic E-state index is 13.3. The predicted molar refractivity (Wildman–Crippen MR) is 174 cm³/mol. The molecule has 10 nitrogen and oxygen atoms in total. The summed E-state index contributed by atoms with van der Waals surface area (Å²) in [5.41, 5.74) is 0. The first-order valence-electron chi connectivity index (χ1n) is 15.5. The van der Waals surface area contributed by atoms with Crippen molar-refractivity contribution in [2.45, 2.75) is 50.2 Å². The normalized spacial score (nSPS) is 17.9. The molecule has 2 amide bonds. The van der Waals surface area contributed by atoms with Crippen molar-refractivity contribution in [3.63, 3.8) is 0 Å². The van der Waals surface area contributed by atoms with E-state index in [1.807, 2.05) is 44.2 Å². The van der Waals surface area contributed by atoms with E-state index in [4.69, 9.17) is 4.74 Å². The van der Waals surface area contributed by atoms with Gasteiger partial charge in [0.2, 0.25) is 15.9 Å². The second-order valence-electron chi connectivity index (χ2n) is 11.9. The van der Waals surface area contributed by atoms with Crippen LogP contribution in [-0.4, -0.2) is 93.9 Å². The molecule has 2 aromatic carbocycles. The van der Waals surface area contributed by atoms with E-state index in [-0.39, 0.29) is 28.7 Å². The minimum atomic E-state index is -3.60. The van der Waals surface area contributed by atoms with Gasteiger partial charge in [-0.3, -0.25) is 14.5 Å². The largest absolute Gasteiger partial charge is 0.490 e. The number of nitrogens with zero attached hydrogens (tertiary/aromatic N) is 2. The van der Waals surface area contributed by atoms with Gasteiger partial charge in [0.1, 0.15) is 17.9 Å². The molecule has 2 fully saturated rings. The fourth-order valence-corrected chi connectivity index (χ4v) is 8.01. The molecule has 12 heteroatoms. The Balaban J connectivity index is 1.07. The summed E-state index contributed by atoms with van der Waals surface area (Å²) >= 11 is 1.42. The van der Waals surface area contributed by atoms with E-state index in [1.165, 1.54) is 15.6 Å². The Hall–Kier alpha value is -3.03. The van der Waals surface area contributed by atoms with Gasteiger partial charge in [0, 0.05) is 44.0 Å². The molecular weight excluding hydrogens is 599 g/mol. The zero-order valence-corrected chi connectivity index (χ0v) is 27.1. The maximum Gasteiger partial charge on any atom is 0.262 e. The van der Waals surface area contributed by atoms with Gasteiger partial charge in [-0.05, 0) is 80.1 Å². The highest BCUT2D eigenvalue weighted by Gasteiger charge is 2.29. The van der Waals surface area contributed by atoms with Crippen LogP contribution in [0.25, 0.3) is 10.1 Å². The quantitative estimate of drug-likeness (QED) is 0.278. The van der Waals surface area contributed by atoms with Gasteiger partial charge in [0.05, 0.1) is 9.77 Å². The van der Waals surface area contributed by atoms with Crippen molar-refractivity contribution in [2.24, 2.45) is 5.92 Å². The molecule has 44 heavy (non-hydrogen) atoms. The molecular formula is C32H43N5O5S2. The zero-order valence-electron chi connectivity index (χ0n) is 25.5. The third kappa shape index (κ3) is 8.36. The van der Waals surface area contributed by atoms with Gasteiger partial charge < -0.3 is 20.7 Å². The minimum Gasteiger partial charge on any atom is -0.490 e. The van der Waals surface area contributed by atoms with Crippen LogP contribution in [-0.2, 0) is 14.8 Å². The molecule has 2 aliphatic rings. The van der Waals surface area contributed by atoms with Gasteiger partial charge in [0.25, 0.3) is 5.91 Å². The summed E-state index contributed by atoms with van der Waals surface area (Å²) in [4.78, 5) is 29.1. The van der Waals surface area contributed by atoms with Gasteiger partial charge in [-0.2, -0.15) is 4.31 Å². The Morgan fingerprint density at radius 3 is 2.41 bits per heavy atom. The molecule has 2 aliphatic heterocycles. The molecule has 0 bridgehead atoms.